The summed E-state index contributed by atoms with van der Waals surface area (Å²) in [6.07, 6.45) is 0.911. The lowest BCUT2D eigenvalue weighted by Gasteiger charge is -2.07. The van der Waals surface area contributed by atoms with Crippen molar-refractivity contribution in [1.82, 2.24) is 4.57 Å². The molecule has 0 atom stereocenters. The van der Waals surface area contributed by atoms with E-state index in [1.807, 2.05) is 54.1 Å². The number of rotatable bonds is 4. The summed E-state index contributed by atoms with van der Waals surface area (Å²) < 4.78 is 12.5. The molecule has 3 aromatic rings. The topological polar surface area (TPSA) is 40.5 Å². The molecule has 0 saturated heterocycles. The number of hydrogen-bond donors (Lipinski definition) is 0. The first-order chi connectivity index (χ1) is 10.7. The maximum absolute atomic E-state index is 11.6. The fourth-order valence-electron chi connectivity index (χ4n) is 2.79. The minimum absolute atomic E-state index is 0.685. The van der Waals surface area contributed by atoms with E-state index < -0.39 is 0 Å². The maximum atomic E-state index is 11.6. The predicted octanol–water partition coefficient (Wildman–Crippen LogP) is 3.68. The van der Waals surface area contributed by atoms with Crippen molar-refractivity contribution in [3.05, 3.63) is 48.0 Å². The highest BCUT2D eigenvalue weighted by Gasteiger charge is 2.16. The summed E-state index contributed by atoms with van der Waals surface area (Å²) in [5, 5.41) is 0.920. The standard InChI is InChI=1S/C18H17NO3/c1-19-17-10-14(22-3)8-9-15(17)16(11-20)18(19)12-4-6-13(21-2)7-5-12/h4-11H,1-3H3. The van der Waals surface area contributed by atoms with Crippen LogP contribution in [0.2, 0.25) is 0 Å². The number of ether oxygens (including phenoxy) is 2. The molecule has 22 heavy (non-hydrogen) atoms. The number of fused-ring (bicyclic) bond motifs is 1. The average Bonchev–Trinajstić information content (AvgIpc) is 2.86. The molecule has 112 valence electrons. The highest BCUT2D eigenvalue weighted by atomic mass is 16.5. The number of carbonyl (C=O) groups is 1. The van der Waals surface area contributed by atoms with E-state index in [9.17, 15) is 4.79 Å². The quantitative estimate of drug-likeness (QED) is 0.689. The highest BCUT2D eigenvalue weighted by Crippen LogP contribution is 2.34. The Bertz CT molecular complexity index is 832. The van der Waals surface area contributed by atoms with Gasteiger partial charge in [-0.05, 0) is 42.0 Å². The van der Waals surface area contributed by atoms with Gasteiger partial charge in [0.2, 0.25) is 0 Å². The van der Waals surface area contributed by atoms with Crippen molar-refractivity contribution in [3.8, 4) is 22.8 Å². The molecule has 0 N–H and O–H groups in total. The molecule has 0 unspecified atom stereocenters. The van der Waals surface area contributed by atoms with Gasteiger partial charge in [-0.25, -0.2) is 0 Å². The summed E-state index contributed by atoms with van der Waals surface area (Å²) in [5.41, 5.74) is 3.51. The number of aryl methyl sites for hydroxylation is 1. The molecule has 0 radical (unpaired) electrons. The van der Waals surface area contributed by atoms with E-state index in [1.165, 1.54) is 0 Å². The average molecular weight is 295 g/mol. The van der Waals surface area contributed by atoms with Crippen LogP contribution in [0.5, 0.6) is 11.5 Å². The van der Waals surface area contributed by atoms with Crippen LogP contribution in [-0.2, 0) is 7.05 Å². The molecule has 1 heterocycles. The predicted molar refractivity (Wildman–Crippen MR) is 86.8 cm³/mol. The van der Waals surface area contributed by atoms with E-state index in [1.54, 1.807) is 14.2 Å². The Balaban J connectivity index is 2.27. The molecule has 0 saturated carbocycles. The molecule has 4 nitrogen and oxygen atoms in total. The number of aldehydes is 1. The number of aromatic nitrogens is 1. The number of nitrogens with zero attached hydrogens (tertiary/aromatic N) is 1. The van der Waals surface area contributed by atoms with Gasteiger partial charge in [0.15, 0.2) is 6.29 Å². The summed E-state index contributed by atoms with van der Waals surface area (Å²) >= 11 is 0. The van der Waals surface area contributed by atoms with Gasteiger partial charge in [0.1, 0.15) is 11.5 Å². The van der Waals surface area contributed by atoms with Crippen LogP contribution in [-0.4, -0.2) is 25.1 Å². The molecule has 3 rings (SSSR count). The lowest BCUT2D eigenvalue weighted by molar-refractivity contribution is 0.112. The van der Waals surface area contributed by atoms with E-state index in [4.69, 9.17) is 9.47 Å². The van der Waals surface area contributed by atoms with Crippen molar-refractivity contribution < 1.29 is 14.3 Å². The van der Waals surface area contributed by atoms with Gasteiger partial charge in [0.25, 0.3) is 0 Å². The van der Waals surface area contributed by atoms with Gasteiger partial charge in [-0.15, -0.1) is 0 Å². The van der Waals surface area contributed by atoms with Gasteiger partial charge in [-0.3, -0.25) is 4.79 Å². The Morgan fingerprint density at radius 3 is 2.18 bits per heavy atom. The van der Waals surface area contributed by atoms with Crippen LogP contribution in [0.3, 0.4) is 0 Å². The van der Waals surface area contributed by atoms with Crippen LogP contribution in [0.4, 0.5) is 0 Å². The highest BCUT2D eigenvalue weighted by molar-refractivity contribution is 6.05. The monoisotopic (exact) mass is 295 g/mol. The van der Waals surface area contributed by atoms with Crippen molar-refractivity contribution in [2.75, 3.05) is 14.2 Å². The normalized spacial score (nSPS) is 10.7. The zero-order valence-electron chi connectivity index (χ0n) is 12.8. The summed E-state index contributed by atoms with van der Waals surface area (Å²) in [6, 6.07) is 13.4. The van der Waals surface area contributed by atoms with Crippen LogP contribution in [0.15, 0.2) is 42.5 Å². The number of hydrogen-bond acceptors (Lipinski definition) is 3. The van der Waals surface area contributed by atoms with Gasteiger partial charge < -0.3 is 14.0 Å². The molecule has 0 amide bonds. The molecule has 2 aromatic carbocycles. The fourth-order valence-corrected chi connectivity index (χ4v) is 2.79. The zero-order chi connectivity index (χ0) is 15.7. The second kappa shape index (κ2) is 5.56. The minimum Gasteiger partial charge on any atom is -0.497 e. The van der Waals surface area contributed by atoms with E-state index in [0.717, 1.165) is 39.9 Å². The molecule has 0 bridgehead atoms. The summed E-state index contributed by atoms with van der Waals surface area (Å²) in [5.74, 6) is 1.56. The van der Waals surface area contributed by atoms with E-state index in [0.29, 0.717) is 5.56 Å². The van der Waals surface area contributed by atoms with Crippen molar-refractivity contribution >= 4 is 17.2 Å². The Hall–Kier alpha value is -2.75. The SMILES string of the molecule is COc1ccc(-c2c(C=O)c3ccc(OC)cc3n2C)cc1. The molecule has 0 aliphatic heterocycles. The third-order valence-electron chi connectivity index (χ3n) is 3.93. The Morgan fingerprint density at radius 2 is 1.59 bits per heavy atom. The maximum Gasteiger partial charge on any atom is 0.152 e. The van der Waals surface area contributed by atoms with E-state index in [-0.39, 0.29) is 0 Å². The Kier molecular flexibility index (Phi) is 3.59. The Labute approximate surface area is 128 Å². The smallest absolute Gasteiger partial charge is 0.152 e. The summed E-state index contributed by atoms with van der Waals surface area (Å²) in [7, 11) is 5.22. The zero-order valence-corrected chi connectivity index (χ0v) is 12.8. The lowest BCUT2D eigenvalue weighted by Crippen LogP contribution is -1.94. The second-order valence-corrected chi connectivity index (χ2v) is 5.05. The van der Waals surface area contributed by atoms with Crippen LogP contribution in [0.1, 0.15) is 10.4 Å². The molecule has 0 fully saturated rings. The number of carbonyl (C=O) groups excluding carboxylic acids is 1. The van der Waals surface area contributed by atoms with E-state index >= 15 is 0 Å². The third-order valence-corrected chi connectivity index (χ3v) is 3.93. The number of methoxy groups -OCH3 is 2. The van der Waals surface area contributed by atoms with Gasteiger partial charge >= 0.3 is 0 Å². The Morgan fingerprint density at radius 1 is 0.955 bits per heavy atom. The molecule has 1 aromatic heterocycles. The number of benzene rings is 2. The first-order valence-corrected chi connectivity index (χ1v) is 6.95. The first-order valence-electron chi connectivity index (χ1n) is 6.95. The van der Waals surface area contributed by atoms with Gasteiger partial charge in [0, 0.05) is 24.1 Å². The van der Waals surface area contributed by atoms with Gasteiger partial charge in [-0.1, -0.05) is 0 Å². The van der Waals surface area contributed by atoms with Crippen LogP contribution in [0.25, 0.3) is 22.2 Å². The lowest BCUT2D eigenvalue weighted by atomic mass is 10.1. The summed E-state index contributed by atoms with van der Waals surface area (Å²) in [6.45, 7) is 0. The fraction of sp³-hybridized carbons (Fsp3) is 0.167. The van der Waals surface area contributed by atoms with Crippen LogP contribution < -0.4 is 9.47 Å². The minimum atomic E-state index is 0.685. The molecule has 0 spiro atoms. The van der Waals surface area contributed by atoms with Crippen molar-refractivity contribution in [3.63, 3.8) is 0 Å². The van der Waals surface area contributed by atoms with Crippen molar-refractivity contribution in [2.45, 2.75) is 0 Å². The van der Waals surface area contributed by atoms with Gasteiger partial charge in [0.05, 0.1) is 25.4 Å². The van der Waals surface area contributed by atoms with Crippen molar-refractivity contribution in [1.29, 1.82) is 0 Å². The van der Waals surface area contributed by atoms with Crippen molar-refractivity contribution in [2.24, 2.45) is 7.05 Å². The molecular weight excluding hydrogens is 278 g/mol. The molecule has 4 heteroatoms. The second-order valence-electron chi connectivity index (χ2n) is 5.05. The van der Waals surface area contributed by atoms with Crippen LogP contribution >= 0.6 is 0 Å². The molecule has 0 aliphatic carbocycles. The van der Waals surface area contributed by atoms with E-state index in [2.05, 4.69) is 0 Å². The molecule has 0 aliphatic rings. The third kappa shape index (κ3) is 2.13. The first kappa shape index (κ1) is 14.2. The molecular formula is C18H17NO3. The largest absolute Gasteiger partial charge is 0.497 e. The summed E-state index contributed by atoms with van der Waals surface area (Å²) in [4.78, 5) is 11.6. The van der Waals surface area contributed by atoms with Crippen LogP contribution in [0, 0.1) is 0 Å². The van der Waals surface area contributed by atoms with Gasteiger partial charge in [-0.2, -0.15) is 0 Å².